The monoisotopic (exact) mass is 209 g/mol. The molecule has 0 aliphatic carbocycles. The molecule has 1 aromatic carbocycles. The van der Waals surface area contributed by atoms with Gasteiger partial charge in [0.25, 0.3) is 9.04 Å². The molecule has 1 radical (unpaired) electrons. The average Bonchev–Trinajstić information content (AvgIpc) is 2.26. The van der Waals surface area contributed by atoms with E-state index in [0.29, 0.717) is 0 Å². The lowest BCUT2D eigenvalue weighted by atomic mass is 10.3. The third-order valence-corrected chi connectivity index (χ3v) is 4.20. The van der Waals surface area contributed by atoms with E-state index in [0.717, 1.165) is 23.6 Å². The standard InChI is InChI=1S/C11H17O2Si/c1-4-14(5-2)13-11-9-7-6-8-10(11)12-3/h6-9H,4-5H2,1-3H3. The van der Waals surface area contributed by atoms with Crippen LogP contribution in [0.15, 0.2) is 24.3 Å². The summed E-state index contributed by atoms with van der Waals surface area (Å²) in [6.07, 6.45) is 0. The first-order valence-electron chi connectivity index (χ1n) is 4.97. The molecule has 0 N–H and O–H groups in total. The minimum absolute atomic E-state index is 0.688. The Balaban J connectivity index is 2.74. The molecule has 0 bridgehead atoms. The van der Waals surface area contributed by atoms with Crippen molar-refractivity contribution < 1.29 is 9.16 Å². The summed E-state index contributed by atoms with van der Waals surface area (Å²) in [5.41, 5.74) is 0. The van der Waals surface area contributed by atoms with Gasteiger partial charge in [0, 0.05) is 0 Å². The highest BCUT2D eigenvalue weighted by Crippen LogP contribution is 2.27. The van der Waals surface area contributed by atoms with Crippen molar-refractivity contribution in [3.63, 3.8) is 0 Å². The van der Waals surface area contributed by atoms with Crippen molar-refractivity contribution in [2.45, 2.75) is 25.9 Å². The zero-order valence-electron chi connectivity index (χ0n) is 9.04. The van der Waals surface area contributed by atoms with Crippen LogP contribution in [0.2, 0.25) is 12.1 Å². The number of para-hydroxylation sites is 2. The van der Waals surface area contributed by atoms with Crippen molar-refractivity contribution in [2.75, 3.05) is 7.11 Å². The number of benzene rings is 1. The summed E-state index contributed by atoms with van der Waals surface area (Å²) >= 11 is 0. The molecule has 3 heteroatoms. The number of rotatable bonds is 5. The largest absolute Gasteiger partial charge is 0.540 e. The molecule has 0 heterocycles. The van der Waals surface area contributed by atoms with Crippen LogP contribution in [0, 0.1) is 0 Å². The topological polar surface area (TPSA) is 18.5 Å². The van der Waals surface area contributed by atoms with E-state index in [9.17, 15) is 0 Å². The van der Waals surface area contributed by atoms with Crippen LogP contribution in [0.1, 0.15) is 13.8 Å². The van der Waals surface area contributed by atoms with E-state index in [1.165, 1.54) is 0 Å². The maximum atomic E-state index is 5.91. The molecule has 1 rings (SSSR count). The Kier molecular flexibility index (Phi) is 4.53. The van der Waals surface area contributed by atoms with Crippen LogP contribution in [0.3, 0.4) is 0 Å². The van der Waals surface area contributed by atoms with Crippen LogP contribution in [0.4, 0.5) is 0 Å². The third kappa shape index (κ3) is 2.77. The van der Waals surface area contributed by atoms with E-state index in [4.69, 9.17) is 9.16 Å². The smallest absolute Gasteiger partial charge is 0.280 e. The number of ether oxygens (including phenoxy) is 1. The molecule has 0 amide bonds. The highest BCUT2D eigenvalue weighted by molar-refractivity contribution is 6.52. The van der Waals surface area contributed by atoms with Gasteiger partial charge in [-0.25, -0.2) is 0 Å². The van der Waals surface area contributed by atoms with Crippen LogP contribution in [0.25, 0.3) is 0 Å². The molecule has 0 unspecified atom stereocenters. The fourth-order valence-corrected chi connectivity index (χ4v) is 2.52. The Bertz CT molecular complexity index is 272. The first-order chi connectivity index (χ1) is 6.81. The normalized spacial score (nSPS) is 10.3. The molecule has 0 saturated heterocycles. The van der Waals surface area contributed by atoms with Crippen molar-refractivity contribution in [3.05, 3.63) is 24.3 Å². The molecule has 0 aliphatic rings. The molecule has 0 fully saturated rings. The van der Waals surface area contributed by atoms with E-state index in [-0.39, 0.29) is 0 Å². The predicted molar refractivity (Wildman–Crippen MR) is 60.3 cm³/mol. The molecule has 0 aromatic heterocycles. The number of methoxy groups -OCH3 is 1. The third-order valence-electron chi connectivity index (χ3n) is 2.11. The van der Waals surface area contributed by atoms with Gasteiger partial charge in [-0.15, -0.1) is 0 Å². The molecule has 0 aliphatic heterocycles. The van der Waals surface area contributed by atoms with E-state index in [1.807, 2.05) is 24.3 Å². The Morgan fingerprint density at radius 2 is 1.64 bits per heavy atom. The fourth-order valence-electron chi connectivity index (χ4n) is 1.25. The lowest BCUT2D eigenvalue weighted by molar-refractivity contribution is 0.393. The van der Waals surface area contributed by atoms with Gasteiger partial charge in [-0.1, -0.05) is 26.0 Å². The van der Waals surface area contributed by atoms with Gasteiger partial charge in [0.05, 0.1) is 7.11 Å². The molecule has 0 atom stereocenters. The zero-order valence-corrected chi connectivity index (χ0v) is 10.0. The maximum absolute atomic E-state index is 5.91. The van der Waals surface area contributed by atoms with Gasteiger partial charge in [0.15, 0.2) is 5.75 Å². The maximum Gasteiger partial charge on any atom is 0.280 e. The van der Waals surface area contributed by atoms with Gasteiger partial charge in [-0.3, -0.25) is 0 Å². The molecular weight excluding hydrogens is 192 g/mol. The minimum Gasteiger partial charge on any atom is -0.540 e. The van der Waals surface area contributed by atoms with Crippen molar-refractivity contribution in [2.24, 2.45) is 0 Å². The predicted octanol–water partition coefficient (Wildman–Crippen LogP) is 3.11. The Hall–Kier alpha value is -0.963. The van der Waals surface area contributed by atoms with Crippen molar-refractivity contribution in [1.29, 1.82) is 0 Å². The number of hydrogen-bond acceptors (Lipinski definition) is 2. The zero-order chi connectivity index (χ0) is 10.4. The molecule has 77 valence electrons. The lowest BCUT2D eigenvalue weighted by Crippen LogP contribution is -2.19. The highest BCUT2D eigenvalue weighted by atomic mass is 28.3. The Morgan fingerprint density at radius 1 is 1.07 bits per heavy atom. The summed E-state index contributed by atoms with van der Waals surface area (Å²) in [5.74, 6) is 1.71. The summed E-state index contributed by atoms with van der Waals surface area (Å²) in [7, 11) is 0.986. The quantitative estimate of drug-likeness (QED) is 0.694. The molecule has 0 spiro atoms. The van der Waals surface area contributed by atoms with Crippen molar-refractivity contribution in [1.82, 2.24) is 0 Å². The number of hydrogen-bond donors (Lipinski definition) is 0. The first kappa shape index (κ1) is 11.1. The second-order valence-corrected chi connectivity index (χ2v) is 5.69. The van der Waals surface area contributed by atoms with Gasteiger partial charge in [-0.05, 0) is 24.2 Å². The van der Waals surface area contributed by atoms with E-state index < -0.39 is 9.04 Å². The Morgan fingerprint density at radius 3 is 2.14 bits per heavy atom. The summed E-state index contributed by atoms with van der Waals surface area (Å²) < 4.78 is 11.1. The summed E-state index contributed by atoms with van der Waals surface area (Å²) in [6.45, 7) is 4.35. The van der Waals surface area contributed by atoms with E-state index in [1.54, 1.807) is 7.11 Å². The van der Waals surface area contributed by atoms with Gasteiger partial charge in [0.1, 0.15) is 5.75 Å². The van der Waals surface area contributed by atoms with Crippen molar-refractivity contribution >= 4 is 9.04 Å². The van der Waals surface area contributed by atoms with Gasteiger partial charge in [-0.2, -0.15) is 0 Å². The summed E-state index contributed by atoms with van der Waals surface area (Å²) in [6, 6.07) is 10.1. The van der Waals surface area contributed by atoms with Crippen LogP contribution in [0.5, 0.6) is 11.5 Å². The molecule has 0 saturated carbocycles. The van der Waals surface area contributed by atoms with Crippen molar-refractivity contribution in [3.8, 4) is 11.5 Å². The summed E-state index contributed by atoms with van der Waals surface area (Å²) in [4.78, 5) is 0. The van der Waals surface area contributed by atoms with Gasteiger partial charge in [0.2, 0.25) is 0 Å². The second kappa shape index (κ2) is 5.70. The second-order valence-electron chi connectivity index (χ2n) is 3.00. The first-order valence-corrected chi connectivity index (χ1v) is 6.79. The van der Waals surface area contributed by atoms with Crippen LogP contribution in [-0.4, -0.2) is 16.2 Å². The molecule has 14 heavy (non-hydrogen) atoms. The molecule has 1 aromatic rings. The van der Waals surface area contributed by atoms with Crippen LogP contribution >= 0.6 is 0 Å². The van der Waals surface area contributed by atoms with E-state index >= 15 is 0 Å². The van der Waals surface area contributed by atoms with E-state index in [2.05, 4.69) is 13.8 Å². The lowest BCUT2D eigenvalue weighted by Gasteiger charge is -2.15. The Labute approximate surface area is 87.6 Å². The minimum atomic E-state index is -0.688. The van der Waals surface area contributed by atoms with Crippen LogP contribution < -0.4 is 9.16 Å². The molecule has 2 nitrogen and oxygen atoms in total. The SMILES string of the molecule is CC[Si](CC)Oc1ccccc1OC. The fraction of sp³-hybridized carbons (Fsp3) is 0.455. The average molecular weight is 209 g/mol. The van der Waals surface area contributed by atoms with Gasteiger partial charge < -0.3 is 9.16 Å². The highest BCUT2D eigenvalue weighted by Gasteiger charge is 2.12. The molecular formula is C11H17O2Si. The summed E-state index contributed by atoms with van der Waals surface area (Å²) in [5, 5.41) is 0. The van der Waals surface area contributed by atoms with Gasteiger partial charge >= 0.3 is 0 Å². The van der Waals surface area contributed by atoms with Crippen LogP contribution in [-0.2, 0) is 0 Å².